The van der Waals surface area contributed by atoms with Crippen molar-refractivity contribution in [3.05, 3.63) is 29.6 Å². The molecule has 1 aromatic carbocycles. The Morgan fingerprint density at radius 1 is 1.20 bits per heavy atom. The summed E-state index contributed by atoms with van der Waals surface area (Å²) >= 11 is 0. The molecule has 0 atom stereocenters. The number of hydrogen-bond acceptors (Lipinski definition) is 4. The molecule has 1 aromatic rings. The summed E-state index contributed by atoms with van der Waals surface area (Å²) in [7, 11) is 1.59. The summed E-state index contributed by atoms with van der Waals surface area (Å²) in [5, 5.41) is 0. The molecule has 0 saturated carbocycles. The van der Waals surface area contributed by atoms with Crippen LogP contribution in [-0.2, 0) is 14.3 Å². The number of carbonyl (C=O) groups excluding carboxylic acids is 2. The van der Waals surface area contributed by atoms with Crippen LogP contribution in [0, 0.1) is 5.82 Å². The minimum Gasteiger partial charge on any atom is -0.382 e. The van der Waals surface area contributed by atoms with Crippen LogP contribution in [0.1, 0.15) is 16.8 Å². The number of carbonyl (C=O) groups is 2. The van der Waals surface area contributed by atoms with Crippen LogP contribution < -0.4 is 4.90 Å². The zero-order chi connectivity index (χ0) is 14.5. The summed E-state index contributed by atoms with van der Waals surface area (Å²) < 4.78 is 23.4. The maximum absolute atomic E-state index is 13.2. The maximum atomic E-state index is 13.2. The van der Waals surface area contributed by atoms with Crippen molar-refractivity contribution in [2.24, 2.45) is 0 Å². The highest BCUT2D eigenvalue weighted by molar-refractivity contribution is 6.52. The van der Waals surface area contributed by atoms with E-state index in [2.05, 4.69) is 0 Å². The molecule has 0 fully saturated rings. The number of methoxy groups -OCH3 is 1. The summed E-state index contributed by atoms with van der Waals surface area (Å²) in [4.78, 5) is 24.9. The van der Waals surface area contributed by atoms with E-state index < -0.39 is 17.5 Å². The van der Waals surface area contributed by atoms with Gasteiger partial charge in [0.2, 0.25) is 0 Å². The van der Waals surface area contributed by atoms with Crippen LogP contribution in [0.4, 0.5) is 10.1 Å². The van der Waals surface area contributed by atoms with E-state index in [0.717, 1.165) is 0 Å². The number of fused-ring (bicyclic) bond motifs is 1. The number of amides is 1. The number of Topliss-reactive ketones (excluding diaryl/α,β-unsaturated/α-hetero) is 1. The predicted octanol–water partition coefficient (Wildman–Crippen LogP) is 1.41. The number of ether oxygens (including phenoxy) is 2. The second kappa shape index (κ2) is 6.58. The van der Waals surface area contributed by atoms with Gasteiger partial charge in [-0.15, -0.1) is 0 Å². The Hall–Kier alpha value is -1.79. The van der Waals surface area contributed by atoms with Crippen molar-refractivity contribution in [1.82, 2.24) is 0 Å². The van der Waals surface area contributed by atoms with Crippen molar-refractivity contribution in [2.45, 2.75) is 6.42 Å². The van der Waals surface area contributed by atoms with Gasteiger partial charge in [-0.05, 0) is 24.6 Å². The zero-order valence-corrected chi connectivity index (χ0v) is 11.2. The van der Waals surface area contributed by atoms with Crippen molar-refractivity contribution < 1.29 is 23.5 Å². The summed E-state index contributed by atoms with van der Waals surface area (Å²) in [5.41, 5.74) is 0.605. The highest BCUT2D eigenvalue weighted by Gasteiger charge is 2.35. The van der Waals surface area contributed by atoms with E-state index in [9.17, 15) is 14.0 Å². The Labute approximate surface area is 116 Å². The van der Waals surface area contributed by atoms with Crippen LogP contribution in [0.15, 0.2) is 18.2 Å². The van der Waals surface area contributed by atoms with Crippen molar-refractivity contribution in [3.8, 4) is 0 Å². The number of halogens is 1. The van der Waals surface area contributed by atoms with Crippen LogP contribution >= 0.6 is 0 Å². The van der Waals surface area contributed by atoms with E-state index in [1.54, 1.807) is 7.11 Å². The van der Waals surface area contributed by atoms with Crippen molar-refractivity contribution in [2.75, 3.05) is 38.4 Å². The summed E-state index contributed by atoms with van der Waals surface area (Å²) in [6.07, 6.45) is 0.568. The first-order valence-corrected chi connectivity index (χ1v) is 6.37. The Morgan fingerprint density at radius 2 is 2.00 bits per heavy atom. The maximum Gasteiger partial charge on any atom is 0.299 e. The predicted molar refractivity (Wildman–Crippen MR) is 70.4 cm³/mol. The summed E-state index contributed by atoms with van der Waals surface area (Å²) in [6.45, 7) is 1.77. The van der Waals surface area contributed by atoms with Gasteiger partial charge in [0.05, 0.1) is 24.5 Å². The van der Waals surface area contributed by atoms with Gasteiger partial charge in [0.15, 0.2) is 0 Å². The molecule has 6 heteroatoms. The number of anilines is 1. The molecule has 1 aliphatic rings. The molecule has 0 saturated heterocycles. The largest absolute Gasteiger partial charge is 0.382 e. The molecule has 0 spiro atoms. The molecule has 0 aromatic heterocycles. The van der Waals surface area contributed by atoms with E-state index in [0.29, 0.717) is 38.5 Å². The molecule has 2 rings (SSSR count). The number of nitrogens with zero attached hydrogens (tertiary/aromatic N) is 1. The van der Waals surface area contributed by atoms with Crippen molar-refractivity contribution in [1.29, 1.82) is 0 Å². The number of ketones is 1. The standard InChI is InChI=1S/C14H16FNO4/c1-19-7-8-20-6-2-5-16-12-9-10(15)3-4-11(12)13(17)14(16)18/h3-4,9H,2,5-8H2,1H3. The highest BCUT2D eigenvalue weighted by atomic mass is 19.1. The number of rotatable bonds is 7. The molecule has 0 unspecified atom stereocenters. The molecule has 108 valence electrons. The van der Waals surface area contributed by atoms with Gasteiger partial charge in [0.1, 0.15) is 5.82 Å². The SMILES string of the molecule is COCCOCCCN1C(=O)C(=O)c2ccc(F)cc21. The Bertz CT molecular complexity index is 518. The molecule has 1 amide bonds. The van der Waals surface area contributed by atoms with E-state index in [-0.39, 0.29) is 5.56 Å². The monoisotopic (exact) mass is 281 g/mol. The van der Waals surface area contributed by atoms with Crippen LogP contribution in [0.25, 0.3) is 0 Å². The lowest BCUT2D eigenvalue weighted by atomic mass is 10.1. The van der Waals surface area contributed by atoms with Crippen LogP contribution in [0.5, 0.6) is 0 Å². The molecule has 1 heterocycles. The topological polar surface area (TPSA) is 55.8 Å². The van der Waals surface area contributed by atoms with Gasteiger partial charge < -0.3 is 14.4 Å². The molecule has 5 nitrogen and oxygen atoms in total. The van der Waals surface area contributed by atoms with Gasteiger partial charge >= 0.3 is 0 Å². The third-order valence-electron chi connectivity index (χ3n) is 3.04. The van der Waals surface area contributed by atoms with Gasteiger partial charge in [-0.25, -0.2) is 4.39 Å². The third-order valence-corrected chi connectivity index (χ3v) is 3.04. The lowest BCUT2D eigenvalue weighted by Gasteiger charge is -2.16. The summed E-state index contributed by atoms with van der Waals surface area (Å²) in [5.74, 6) is -1.66. The van der Waals surface area contributed by atoms with Crippen LogP contribution in [0.2, 0.25) is 0 Å². The lowest BCUT2D eigenvalue weighted by Crippen LogP contribution is -2.31. The molecular weight excluding hydrogens is 265 g/mol. The van der Waals surface area contributed by atoms with Gasteiger partial charge in [0.25, 0.3) is 11.7 Å². The van der Waals surface area contributed by atoms with E-state index in [1.807, 2.05) is 0 Å². The molecule has 0 N–H and O–H groups in total. The fourth-order valence-corrected chi connectivity index (χ4v) is 2.06. The van der Waals surface area contributed by atoms with E-state index in [4.69, 9.17) is 9.47 Å². The first kappa shape index (κ1) is 14.6. The highest BCUT2D eigenvalue weighted by Crippen LogP contribution is 2.29. The normalized spacial score (nSPS) is 14.0. The van der Waals surface area contributed by atoms with E-state index >= 15 is 0 Å². The van der Waals surface area contributed by atoms with Gasteiger partial charge in [-0.1, -0.05) is 0 Å². The van der Waals surface area contributed by atoms with Crippen molar-refractivity contribution >= 4 is 17.4 Å². The van der Waals surface area contributed by atoms with E-state index in [1.165, 1.54) is 23.1 Å². The zero-order valence-electron chi connectivity index (χ0n) is 11.2. The van der Waals surface area contributed by atoms with Crippen molar-refractivity contribution in [3.63, 3.8) is 0 Å². The molecular formula is C14H16FNO4. The first-order valence-electron chi connectivity index (χ1n) is 6.37. The summed E-state index contributed by atoms with van der Waals surface area (Å²) in [6, 6.07) is 3.74. The first-order chi connectivity index (χ1) is 9.65. The second-order valence-corrected chi connectivity index (χ2v) is 4.41. The van der Waals surface area contributed by atoms with Crippen LogP contribution in [-0.4, -0.2) is 45.2 Å². The number of benzene rings is 1. The minimum absolute atomic E-state index is 0.261. The Balaban J connectivity index is 1.94. The van der Waals surface area contributed by atoms with Crippen LogP contribution in [0.3, 0.4) is 0 Å². The quantitative estimate of drug-likeness (QED) is 0.560. The molecule has 0 bridgehead atoms. The Kier molecular flexibility index (Phi) is 4.81. The molecule has 1 aliphatic heterocycles. The minimum atomic E-state index is -0.609. The fourth-order valence-electron chi connectivity index (χ4n) is 2.06. The molecule has 0 aliphatic carbocycles. The molecule has 0 radical (unpaired) electrons. The fraction of sp³-hybridized carbons (Fsp3) is 0.429. The van der Waals surface area contributed by atoms with Gasteiger partial charge in [-0.2, -0.15) is 0 Å². The Morgan fingerprint density at radius 3 is 2.75 bits per heavy atom. The van der Waals surface area contributed by atoms with Gasteiger partial charge in [-0.3, -0.25) is 9.59 Å². The average molecular weight is 281 g/mol. The second-order valence-electron chi connectivity index (χ2n) is 4.41. The smallest absolute Gasteiger partial charge is 0.299 e. The average Bonchev–Trinajstić information content (AvgIpc) is 2.67. The number of hydrogen-bond donors (Lipinski definition) is 0. The lowest BCUT2D eigenvalue weighted by molar-refractivity contribution is -0.114. The third kappa shape index (κ3) is 3.02. The van der Waals surface area contributed by atoms with Gasteiger partial charge in [0, 0.05) is 20.3 Å². The molecule has 20 heavy (non-hydrogen) atoms.